The lowest BCUT2D eigenvalue weighted by atomic mass is 9.98. The van der Waals surface area contributed by atoms with E-state index in [-0.39, 0.29) is 6.10 Å². The summed E-state index contributed by atoms with van der Waals surface area (Å²) in [6, 6.07) is 0. The smallest absolute Gasteiger partial charge is 0.332 e. The Labute approximate surface area is 108 Å². The van der Waals surface area contributed by atoms with E-state index in [1.807, 2.05) is 0 Å². The van der Waals surface area contributed by atoms with Crippen LogP contribution >= 0.6 is 0 Å². The maximum Gasteiger partial charge on any atom is 0.332 e. The Bertz CT molecular complexity index is 300. The average molecular weight is 253 g/mol. The fourth-order valence-electron chi connectivity index (χ4n) is 3.22. The van der Waals surface area contributed by atoms with Crippen LogP contribution in [0.2, 0.25) is 0 Å². The van der Waals surface area contributed by atoms with E-state index in [0.717, 1.165) is 37.3 Å². The molecule has 3 fully saturated rings. The van der Waals surface area contributed by atoms with Crippen LogP contribution < -0.4 is 5.32 Å². The summed E-state index contributed by atoms with van der Waals surface area (Å²) in [6.45, 7) is 1.92. The van der Waals surface area contributed by atoms with Crippen LogP contribution in [-0.2, 0) is 9.53 Å². The highest BCUT2D eigenvalue weighted by Gasteiger charge is 2.41. The molecular weight excluding hydrogens is 230 g/mol. The number of rotatable bonds is 7. The van der Waals surface area contributed by atoms with Crippen LogP contribution in [0.4, 0.5) is 0 Å². The van der Waals surface area contributed by atoms with Gasteiger partial charge in [0.1, 0.15) is 0 Å². The Morgan fingerprint density at radius 3 is 2.33 bits per heavy atom. The second kappa shape index (κ2) is 5.17. The summed E-state index contributed by atoms with van der Waals surface area (Å²) in [7, 11) is 0. The van der Waals surface area contributed by atoms with Crippen molar-refractivity contribution in [1.82, 2.24) is 5.32 Å². The fourth-order valence-corrected chi connectivity index (χ4v) is 3.22. The van der Waals surface area contributed by atoms with Gasteiger partial charge in [-0.3, -0.25) is 0 Å². The third-order valence-electron chi connectivity index (χ3n) is 4.59. The van der Waals surface area contributed by atoms with Crippen molar-refractivity contribution in [1.29, 1.82) is 0 Å². The lowest BCUT2D eigenvalue weighted by Gasteiger charge is -2.18. The van der Waals surface area contributed by atoms with Crippen LogP contribution in [0.15, 0.2) is 0 Å². The number of nitrogens with one attached hydrogen (secondary N) is 1. The minimum Gasteiger partial charge on any atom is -0.479 e. The van der Waals surface area contributed by atoms with Crippen molar-refractivity contribution in [2.24, 2.45) is 17.8 Å². The molecule has 0 spiro atoms. The summed E-state index contributed by atoms with van der Waals surface area (Å²) in [4.78, 5) is 10.8. The van der Waals surface area contributed by atoms with E-state index >= 15 is 0 Å². The SMILES string of the molecule is O=C(O)C1CCC(CNCC(C2CC2)C2CC2)O1. The zero-order valence-corrected chi connectivity index (χ0v) is 10.8. The van der Waals surface area contributed by atoms with E-state index in [1.165, 1.54) is 25.7 Å². The first-order valence-corrected chi connectivity index (χ1v) is 7.33. The molecule has 2 saturated carbocycles. The van der Waals surface area contributed by atoms with Gasteiger partial charge in [-0.05, 0) is 62.8 Å². The van der Waals surface area contributed by atoms with Gasteiger partial charge in [-0.2, -0.15) is 0 Å². The summed E-state index contributed by atoms with van der Waals surface area (Å²) in [6.07, 6.45) is 6.75. The Morgan fingerprint density at radius 1 is 1.17 bits per heavy atom. The monoisotopic (exact) mass is 253 g/mol. The highest BCUT2D eigenvalue weighted by Crippen LogP contribution is 2.48. The van der Waals surface area contributed by atoms with Gasteiger partial charge in [0.2, 0.25) is 0 Å². The highest BCUT2D eigenvalue weighted by molar-refractivity contribution is 5.72. The van der Waals surface area contributed by atoms with Crippen molar-refractivity contribution in [3.63, 3.8) is 0 Å². The number of hydrogen-bond donors (Lipinski definition) is 2. The maximum atomic E-state index is 10.8. The highest BCUT2D eigenvalue weighted by atomic mass is 16.5. The molecule has 0 bridgehead atoms. The molecule has 0 radical (unpaired) electrons. The summed E-state index contributed by atoms with van der Waals surface area (Å²) in [5, 5.41) is 12.4. The summed E-state index contributed by atoms with van der Waals surface area (Å²) < 4.78 is 5.49. The molecule has 0 aromatic rings. The van der Waals surface area contributed by atoms with Gasteiger partial charge in [-0.25, -0.2) is 4.79 Å². The quantitative estimate of drug-likeness (QED) is 0.724. The average Bonchev–Trinajstić information content (AvgIpc) is 3.25. The van der Waals surface area contributed by atoms with Crippen molar-refractivity contribution >= 4 is 5.97 Å². The zero-order chi connectivity index (χ0) is 12.5. The maximum absolute atomic E-state index is 10.8. The Balaban J connectivity index is 1.35. The van der Waals surface area contributed by atoms with Crippen LogP contribution in [0.3, 0.4) is 0 Å². The number of carboxylic acids is 1. The second-order valence-corrected chi connectivity index (χ2v) is 6.16. The van der Waals surface area contributed by atoms with Gasteiger partial charge in [-0.15, -0.1) is 0 Å². The standard InChI is InChI=1S/C14H23NO3/c16-14(17)13-6-5-11(18-13)7-15-8-12(9-1-2-9)10-3-4-10/h9-13,15H,1-8H2,(H,16,17). The number of ether oxygens (including phenoxy) is 1. The molecule has 4 heteroatoms. The van der Waals surface area contributed by atoms with Crippen molar-refractivity contribution in [2.45, 2.75) is 50.7 Å². The molecule has 4 nitrogen and oxygen atoms in total. The predicted octanol–water partition coefficient (Wildman–Crippen LogP) is 1.64. The van der Waals surface area contributed by atoms with E-state index in [2.05, 4.69) is 5.32 Å². The van der Waals surface area contributed by atoms with E-state index in [9.17, 15) is 4.79 Å². The molecule has 18 heavy (non-hydrogen) atoms. The van der Waals surface area contributed by atoms with E-state index in [1.54, 1.807) is 0 Å². The third-order valence-corrected chi connectivity index (χ3v) is 4.59. The first-order valence-electron chi connectivity index (χ1n) is 7.33. The van der Waals surface area contributed by atoms with Crippen molar-refractivity contribution in [3.05, 3.63) is 0 Å². The normalized spacial score (nSPS) is 32.1. The van der Waals surface area contributed by atoms with Crippen LogP contribution in [0, 0.1) is 17.8 Å². The lowest BCUT2D eigenvalue weighted by Crippen LogP contribution is -2.33. The minimum atomic E-state index is -0.814. The first-order chi connectivity index (χ1) is 8.74. The molecule has 2 N–H and O–H groups in total. The topological polar surface area (TPSA) is 58.6 Å². The molecule has 2 aliphatic carbocycles. The molecule has 102 valence electrons. The van der Waals surface area contributed by atoms with Crippen molar-refractivity contribution in [3.8, 4) is 0 Å². The zero-order valence-electron chi connectivity index (χ0n) is 10.8. The van der Waals surface area contributed by atoms with Gasteiger partial charge >= 0.3 is 5.97 Å². The molecule has 1 saturated heterocycles. The largest absolute Gasteiger partial charge is 0.479 e. The molecule has 1 aliphatic heterocycles. The number of aliphatic carboxylic acids is 1. The van der Waals surface area contributed by atoms with Crippen LogP contribution in [0.5, 0.6) is 0 Å². The molecule has 0 amide bonds. The van der Waals surface area contributed by atoms with E-state index in [0.29, 0.717) is 6.42 Å². The third kappa shape index (κ3) is 3.04. The molecule has 3 aliphatic rings. The van der Waals surface area contributed by atoms with E-state index < -0.39 is 12.1 Å². The molecular formula is C14H23NO3. The van der Waals surface area contributed by atoms with E-state index in [4.69, 9.17) is 9.84 Å². The molecule has 3 rings (SSSR count). The van der Waals surface area contributed by atoms with Crippen molar-refractivity contribution < 1.29 is 14.6 Å². The first kappa shape index (κ1) is 12.4. The predicted molar refractivity (Wildman–Crippen MR) is 67.3 cm³/mol. The molecule has 0 aromatic heterocycles. The van der Waals surface area contributed by atoms with Crippen molar-refractivity contribution in [2.75, 3.05) is 13.1 Å². The van der Waals surface area contributed by atoms with Gasteiger partial charge in [0, 0.05) is 6.54 Å². The van der Waals surface area contributed by atoms with Crippen LogP contribution in [-0.4, -0.2) is 36.4 Å². The number of hydrogen-bond acceptors (Lipinski definition) is 3. The lowest BCUT2D eigenvalue weighted by molar-refractivity contribution is -0.149. The molecule has 1 heterocycles. The molecule has 2 unspecified atom stereocenters. The molecule has 0 aromatic carbocycles. The minimum absolute atomic E-state index is 0.102. The van der Waals surface area contributed by atoms with Gasteiger partial charge in [0.15, 0.2) is 6.10 Å². The Morgan fingerprint density at radius 2 is 1.83 bits per heavy atom. The summed E-state index contributed by atoms with van der Waals surface area (Å²) in [5.41, 5.74) is 0. The summed E-state index contributed by atoms with van der Waals surface area (Å²) >= 11 is 0. The number of carbonyl (C=O) groups is 1. The second-order valence-electron chi connectivity index (χ2n) is 6.16. The Hall–Kier alpha value is -0.610. The fraction of sp³-hybridized carbons (Fsp3) is 0.929. The van der Waals surface area contributed by atoms with Crippen LogP contribution in [0.1, 0.15) is 38.5 Å². The summed E-state index contributed by atoms with van der Waals surface area (Å²) in [5.74, 6) is 2.01. The van der Waals surface area contributed by atoms with Gasteiger partial charge < -0.3 is 15.2 Å². The number of carboxylic acid groups (broad SMARTS) is 1. The molecule has 2 atom stereocenters. The van der Waals surface area contributed by atoms with Gasteiger partial charge in [-0.1, -0.05) is 0 Å². The van der Waals surface area contributed by atoms with Gasteiger partial charge in [0.25, 0.3) is 0 Å². The van der Waals surface area contributed by atoms with Gasteiger partial charge in [0.05, 0.1) is 6.10 Å². The Kier molecular flexibility index (Phi) is 3.57. The van der Waals surface area contributed by atoms with Crippen LogP contribution in [0.25, 0.3) is 0 Å².